The largest absolute Gasteiger partial charge is 0.347 e. The zero-order valence-electron chi connectivity index (χ0n) is 8.67. The first-order valence-corrected chi connectivity index (χ1v) is 5.56. The second-order valence-electron chi connectivity index (χ2n) is 4.41. The Balaban J connectivity index is 1.82. The SMILES string of the molecule is O=C1CCC2=C(CCC3(C2)OCCO3)N1. The summed E-state index contributed by atoms with van der Waals surface area (Å²) in [6, 6.07) is 0. The Hall–Kier alpha value is -0.870. The van der Waals surface area contributed by atoms with E-state index in [2.05, 4.69) is 5.32 Å². The van der Waals surface area contributed by atoms with Crippen LogP contribution >= 0.6 is 0 Å². The van der Waals surface area contributed by atoms with Crippen molar-refractivity contribution < 1.29 is 14.3 Å². The monoisotopic (exact) mass is 209 g/mol. The summed E-state index contributed by atoms with van der Waals surface area (Å²) >= 11 is 0. The molecule has 1 spiro atoms. The molecule has 2 aliphatic heterocycles. The molecule has 3 aliphatic rings. The lowest BCUT2D eigenvalue weighted by Crippen LogP contribution is -2.39. The fourth-order valence-corrected chi connectivity index (χ4v) is 2.64. The van der Waals surface area contributed by atoms with Crippen LogP contribution in [0.1, 0.15) is 32.1 Å². The number of amides is 1. The van der Waals surface area contributed by atoms with Crippen molar-refractivity contribution >= 4 is 5.91 Å². The summed E-state index contributed by atoms with van der Waals surface area (Å²) in [5.41, 5.74) is 2.44. The van der Waals surface area contributed by atoms with Gasteiger partial charge in [0.15, 0.2) is 5.79 Å². The van der Waals surface area contributed by atoms with E-state index in [4.69, 9.17) is 9.47 Å². The van der Waals surface area contributed by atoms with E-state index in [1.54, 1.807) is 0 Å². The standard InChI is InChI=1S/C11H15NO3/c13-10-2-1-8-7-11(14-5-6-15-11)4-3-9(8)12-10/h1-7H2,(H,12,13). The van der Waals surface area contributed by atoms with Gasteiger partial charge in [-0.15, -0.1) is 0 Å². The van der Waals surface area contributed by atoms with E-state index < -0.39 is 0 Å². The minimum atomic E-state index is -0.360. The van der Waals surface area contributed by atoms with Gasteiger partial charge in [-0.1, -0.05) is 0 Å². The zero-order valence-corrected chi connectivity index (χ0v) is 8.67. The van der Waals surface area contributed by atoms with E-state index in [9.17, 15) is 4.79 Å². The average Bonchev–Trinajstić information content (AvgIpc) is 2.67. The maximum Gasteiger partial charge on any atom is 0.224 e. The van der Waals surface area contributed by atoms with Gasteiger partial charge in [-0.25, -0.2) is 0 Å². The second-order valence-corrected chi connectivity index (χ2v) is 4.41. The van der Waals surface area contributed by atoms with Crippen LogP contribution in [-0.4, -0.2) is 24.9 Å². The Bertz CT molecular complexity index is 329. The van der Waals surface area contributed by atoms with E-state index >= 15 is 0 Å². The highest BCUT2D eigenvalue weighted by molar-refractivity contribution is 5.79. The van der Waals surface area contributed by atoms with Crippen LogP contribution in [0.2, 0.25) is 0 Å². The number of carbonyl (C=O) groups is 1. The van der Waals surface area contributed by atoms with Gasteiger partial charge in [0.1, 0.15) is 0 Å². The summed E-state index contributed by atoms with van der Waals surface area (Å²) in [5.74, 6) is -0.209. The molecule has 1 fully saturated rings. The van der Waals surface area contributed by atoms with Crippen LogP contribution in [0.25, 0.3) is 0 Å². The first-order valence-electron chi connectivity index (χ1n) is 5.56. The van der Waals surface area contributed by atoms with E-state index in [0.717, 1.165) is 31.4 Å². The Morgan fingerprint density at radius 3 is 2.73 bits per heavy atom. The summed E-state index contributed by atoms with van der Waals surface area (Å²) in [4.78, 5) is 11.2. The average molecular weight is 209 g/mol. The number of allylic oxidation sites excluding steroid dienone is 1. The van der Waals surface area contributed by atoms with Crippen LogP contribution in [0.3, 0.4) is 0 Å². The lowest BCUT2D eigenvalue weighted by molar-refractivity contribution is -0.165. The van der Waals surface area contributed by atoms with Gasteiger partial charge in [0.05, 0.1) is 13.2 Å². The van der Waals surface area contributed by atoms with E-state index in [1.807, 2.05) is 0 Å². The lowest BCUT2D eigenvalue weighted by atomic mass is 9.86. The summed E-state index contributed by atoms with van der Waals surface area (Å²) < 4.78 is 11.4. The van der Waals surface area contributed by atoms with Crippen molar-refractivity contribution in [3.8, 4) is 0 Å². The minimum Gasteiger partial charge on any atom is -0.347 e. The first-order chi connectivity index (χ1) is 7.27. The molecule has 1 N–H and O–H groups in total. The van der Waals surface area contributed by atoms with Crippen LogP contribution in [0.5, 0.6) is 0 Å². The van der Waals surface area contributed by atoms with Crippen molar-refractivity contribution in [3.05, 3.63) is 11.3 Å². The number of carbonyl (C=O) groups excluding carboxylic acids is 1. The maximum atomic E-state index is 11.2. The highest BCUT2D eigenvalue weighted by Gasteiger charge is 2.41. The Morgan fingerprint density at radius 1 is 1.13 bits per heavy atom. The number of ether oxygens (including phenoxy) is 2. The van der Waals surface area contributed by atoms with Gasteiger partial charge in [0.25, 0.3) is 0 Å². The third-order valence-electron chi connectivity index (χ3n) is 3.42. The normalized spacial score (nSPS) is 29.2. The van der Waals surface area contributed by atoms with Gasteiger partial charge >= 0.3 is 0 Å². The summed E-state index contributed by atoms with van der Waals surface area (Å²) in [6.45, 7) is 1.41. The fraction of sp³-hybridized carbons (Fsp3) is 0.727. The molecule has 0 atom stereocenters. The van der Waals surface area contributed by atoms with Crippen LogP contribution in [0.15, 0.2) is 11.3 Å². The summed E-state index contributed by atoms with van der Waals surface area (Å²) in [5, 5.41) is 2.95. The van der Waals surface area contributed by atoms with Crippen LogP contribution in [0, 0.1) is 0 Å². The number of nitrogens with one attached hydrogen (secondary N) is 1. The smallest absolute Gasteiger partial charge is 0.224 e. The number of hydrogen-bond acceptors (Lipinski definition) is 3. The Kier molecular flexibility index (Phi) is 2.07. The molecular formula is C11H15NO3. The molecule has 15 heavy (non-hydrogen) atoms. The molecule has 4 heteroatoms. The highest BCUT2D eigenvalue weighted by Crippen LogP contribution is 2.40. The molecule has 0 saturated carbocycles. The molecule has 0 aromatic carbocycles. The number of rotatable bonds is 0. The molecular weight excluding hydrogens is 194 g/mol. The van der Waals surface area contributed by atoms with Crippen LogP contribution < -0.4 is 5.32 Å². The molecule has 0 bridgehead atoms. The minimum absolute atomic E-state index is 0.151. The van der Waals surface area contributed by atoms with Crippen LogP contribution in [0.4, 0.5) is 0 Å². The third kappa shape index (κ3) is 1.58. The van der Waals surface area contributed by atoms with Crippen molar-refractivity contribution in [1.82, 2.24) is 5.32 Å². The molecule has 3 rings (SSSR count). The summed E-state index contributed by atoms with van der Waals surface area (Å²) in [7, 11) is 0. The molecule has 0 unspecified atom stereocenters. The highest BCUT2D eigenvalue weighted by atomic mass is 16.7. The van der Waals surface area contributed by atoms with Crippen molar-refractivity contribution in [3.63, 3.8) is 0 Å². The van der Waals surface area contributed by atoms with Gasteiger partial charge in [-0.2, -0.15) is 0 Å². The molecule has 1 saturated heterocycles. The van der Waals surface area contributed by atoms with E-state index in [1.165, 1.54) is 5.57 Å². The maximum absolute atomic E-state index is 11.2. The third-order valence-corrected chi connectivity index (χ3v) is 3.42. The number of hydrogen-bond donors (Lipinski definition) is 1. The van der Waals surface area contributed by atoms with Crippen molar-refractivity contribution in [2.24, 2.45) is 0 Å². The molecule has 4 nitrogen and oxygen atoms in total. The fourth-order valence-electron chi connectivity index (χ4n) is 2.64. The zero-order chi connectivity index (χ0) is 10.3. The van der Waals surface area contributed by atoms with Gasteiger partial charge in [-0.3, -0.25) is 4.79 Å². The van der Waals surface area contributed by atoms with Gasteiger partial charge in [-0.05, 0) is 18.4 Å². The summed E-state index contributed by atoms with van der Waals surface area (Å²) in [6.07, 6.45) is 4.06. The Morgan fingerprint density at radius 2 is 1.93 bits per heavy atom. The van der Waals surface area contributed by atoms with E-state index in [-0.39, 0.29) is 11.7 Å². The topological polar surface area (TPSA) is 47.6 Å². The molecule has 2 heterocycles. The predicted octanol–water partition coefficient (Wildman–Crippen LogP) is 1.08. The molecule has 0 aromatic rings. The van der Waals surface area contributed by atoms with Gasteiger partial charge < -0.3 is 14.8 Å². The lowest BCUT2D eigenvalue weighted by Gasteiger charge is -2.36. The molecule has 1 amide bonds. The van der Waals surface area contributed by atoms with Gasteiger partial charge in [0, 0.05) is 25.0 Å². The van der Waals surface area contributed by atoms with E-state index in [0.29, 0.717) is 19.6 Å². The molecule has 0 aromatic heterocycles. The molecule has 1 aliphatic carbocycles. The predicted molar refractivity (Wildman–Crippen MR) is 52.9 cm³/mol. The first kappa shape index (κ1) is 9.36. The van der Waals surface area contributed by atoms with Crippen molar-refractivity contribution in [2.75, 3.05) is 13.2 Å². The quantitative estimate of drug-likeness (QED) is 0.649. The van der Waals surface area contributed by atoms with Crippen molar-refractivity contribution in [1.29, 1.82) is 0 Å². The van der Waals surface area contributed by atoms with Crippen LogP contribution in [-0.2, 0) is 14.3 Å². The molecule has 82 valence electrons. The van der Waals surface area contributed by atoms with Crippen molar-refractivity contribution in [2.45, 2.75) is 37.9 Å². The second kappa shape index (κ2) is 3.32. The molecule has 0 radical (unpaired) electrons. The van der Waals surface area contributed by atoms with Gasteiger partial charge in [0.2, 0.25) is 5.91 Å². The Labute approximate surface area is 88.6 Å².